The number of methoxy groups -OCH3 is 1. The van der Waals surface area contributed by atoms with Gasteiger partial charge in [0.2, 0.25) is 0 Å². The summed E-state index contributed by atoms with van der Waals surface area (Å²) in [5.41, 5.74) is 0. The molecule has 0 bridgehead atoms. The van der Waals surface area contributed by atoms with Crippen LogP contribution >= 0.6 is 0 Å². The molecular weight excluding hydrogens is 184 g/mol. The van der Waals surface area contributed by atoms with Gasteiger partial charge in [0.05, 0.1) is 20.5 Å². The second-order valence-electron chi connectivity index (χ2n) is 2.32. The maximum Gasteiger partial charge on any atom is 0.161 e. The van der Waals surface area contributed by atoms with Gasteiger partial charge in [-0.2, -0.15) is 0 Å². The number of aliphatic hydroxyl groups is 2. The Kier molecular flexibility index (Phi) is 2.18. The van der Waals surface area contributed by atoms with Crippen LogP contribution in [0.5, 0.6) is 11.5 Å². The second kappa shape index (κ2) is 5.47. The Balaban J connectivity index is 3.09. The van der Waals surface area contributed by atoms with E-state index < -0.39 is 19.2 Å². The zero-order chi connectivity index (χ0) is 14.9. The van der Waals surface area contributed by atoms with Crippen molar-refractivity contribution >= 4 is 0 Å². The van der Waals surface area contributed by atoms with Gasteiger partial charge in [0, 0.05) is 0 Å². The van der Waals surface area contributed by atoms with Crippen molar-refractivity contribution in [3.05, 3.63) is 24.3 Å². The van der Waals surface area contributed by atoms with Gasteiger partial charge in [0.1, 0.15) is 12.6 Å². The molecule has 0 heterocycles. The average Bonchev–Trinajstić information content (AvgIpc) is 2.27. The summed E-state index contributed by atoms with van der Waals surface area (Å²) in [4.78, 5) is 0. The van der Waals surface area contributed by atoms with Gasteiger partial charge in [-0.15, -0.1) is 0 Å². The summed E-state index contributed by atoms with van der Waals surface area (Å²) >= 11 is 0. The summed E-state index contributed by atoms with van der Waals surface area (Å²) in [6.45, 7) is -6.72. The molecule has 1 atom stereocenters. The van der Waals surface area contributed by atoms with Crippen LogP contribution in [0.1, 0.15) is 6.85 Å². The van der Waals surface area contributed by atoms with E-state index in [1.807, 2.05) is 0 Å². The molecule has 1 aromatic carbocycles. The fourth-order valence-electron chi connectivity index (χ4n) is 0.829. The molecule has 0 amide bonds. The number of benzene rings is 1. The van der Waals surface area contributed by atoms with Crippen molar-refractivity contribution in [1.82, 2.24) is 0 Å². The Bertz CT molecular complexity index is 444. The van der Waals surface area contributed by atoms with Gasteiger partial charge < -0.3 is 19.7 Å². The summed E-state index contributed by atoms with van der Waals surface area (Å²) in [5.74, 6) is 0.00519. The van der Waals surface area contributed by atoms with E-state index in [0.29, 0.717) is 0 Å². The summed E-state index contributed by atoms with van der Waals surface area (Å²) in [6, 6.07) is 5.88. The highest BCUT2D eigenvalue weighted by Gasteiger charge is 2.06. The standard InChI is InChI=1S/C10H14O4/c1-13-9-4-2-3-5-10(9)14-7-8(12)6-11/h2-5,8,11-12H,6-7H2,1H3/i6D2,7D2,8D. The number of ether oxygens (including phenoxy) is 2. The van der Waals surface area contributed by atoms with Crippen LogP contribution in [0, 0.1) is 0 Å². The van der Waals surface area contributed by atoms with Crippen LogP contribution in [0.3, 0.4) is 0 Å². The predicted molar refractivity (Wildman–Crippen MR) is 51.6 cm³/mol. The van der Waals surface area contributed by atoms with E-state index in [4.69, 9.17) is 21.4 Å². The van der Waals surface area contributed by atoms with E-state index in [1.165, 1.54) is 25.3 Å². The topological polar surface area (TPSA) is 58.9 Å². The molecule has 0 radical (unpaired) electrons. The fourth-order valence-corrected chi connectivity index (χ4v) is 0.829. The summed E-state index contributed by atoms with van der Waals surface area (Å²) in [5, 5.41) is 18.5. The Morgan fingerprint density at radius 2 is 2.14 bits per heavy atom. The first-order valence-electron chi connectivity index (χ1n) is 6.30. The van der Waals surface area contributed by atoms with Crippen molar-refractivity contribution in [3.8, 4) is 11.5 Å². The zero-order valence-electron chi connectivity index (χ0n) is 12.5. The monoisotopic (exact) mass is 203 g/mol. The van der Waals surface area contributed by atoms with Crippen LogP contribution in [0.2, 0.25) is 0 Å². The second-order valence-corrected chi connectivity index (χ2v) is 2.32. The molecule has 1 unspecified atom stereocenters. The van der Waals surface area contributed by atoms with Crippen LogP contribution < -0.4 is 9.47 Å². The molecule has 2 N–H and O–H groups in total. The van der Waals surface area contributed by atoms with Crippen molar-refractivity contribution < 1.29 is 26.5 Å². The summed E-state index contributed by atoms with van der Waals surface area (Å²) < 4.78 is 45.6. The Hall–Kier alpha value is -1.26. The fraction of sp³-hybridized carbons (Fsp3) is 0.400. The molecule has 0 aliphatic heterocycles. The van der Waals surface area contributed by atoms with Crippen LogP contribution in [-0.2, 0) is 0 Å². The Morgan fingerprint density at radius 3 is 2.71 bits per heavy atom. The molecule has 4 heteroatoms. The van der Waals surface area contributed by atoms with Crippen molar-refractivity contribution in [2.45, 2.75) is 6.08 Å². The first-order chi connectivity index (χ1) is 8.53. The van der Waals surface area contributed by atoms with Crippen LogP contribution in [0.4, 0.5) is 0 Å². The smallest absolute Gasteiger partial charge is 0.161 e. The molecule has 4 nitrogen and oxygen atoms in total. The number of para-hydroxylation sites is 2. The van der Waals surface area contributed by atoms with E-state index in [2.05, 4.69) is 0 Å². The minimum atomic E-state index is -3.53. The zero-order valence-corrected chi connectivity index (χ0v) is 7.52. The van der Waals surface area contributed by atoms with Crippen molar-refractivity contribution in [3.63, 3.8) is 0 Å². The van der Waals surface area contributed by atoms with E-state index in [-0.39, 0.29) is 11.5 Å². The lowest BCUT2D eigenvalue weighted by molar-refractivity contribution is 0.0527. The normalized spacial score (nSPS) is 21.8. The molecule has 0 saturated heterocycles. The first-order valence-corrected chi connectivity index (χ1v) is 3.80. The third-order valence-electron chi connectivity index (χ3n) is 1.43. The van der Waals surface area contributed by atoms with E-state index >= 15 is 0 Å². The SMILES string of the molecule is [2H]C([2H])(O)C([2H])(O)C([2H])([2H])Oc1ccccc1OC. The molecule has 0 spiro atoms. The van der Waals surface area contributed by atoms with Gasteiger partial charge in [0.25, 0.3) is 0 Å². The molecule has 0 fully saturated rings. The van der Waals surface area contributed by atoms with Crippen molar-refractivity contribution in [2.24, 2.45) is 0 Å². The number of hydrogen-bond acceptors (Lipinski definition) is 4. The van der Waals surface area contributed by atoms with Gasteiger partial charge >= 0.3 is 0 Å². The molecular formula is C10H14O4. The van der Waals surface area contributed by atoms with Gasteiger partial charge in [-0.05, 0) is 12.1 Å². The minimum absolute atomic E-state index is 0.134. The van der Waals surface area contributed by atoms with Crippen LogP contribution in [0.15, 0.2) is 24.3 Å². The Labute approximate surface area is 89.7 Å². The minimum Gasteiger partial charge on any atom is -0.493 e. The molecule has 1 aromatic rings. The molecule has 1 rings (SSSR count). The van der Waals surface area contributed by atoms with E-state index in [0.717, 1.165) is 0 Å². The highest BCUT2D eigenvalue weighted by atomic mass is 16.5. The lowest BCUT2D eigenvalue weighted by Crippen LogP contribution is -2.21. The predicted octanol–water partition coefficient (Wildman–Crippen LogP) is 0.427. The van der Waals surface area contributed by atoms with Crippen LogP contribution in [0.25, 0.3) is 0 Å². The largest absolute Gasteiger partial charge is 0.493 e. The summed E-state index contributed by atoms with van der Waals surface area (Å²) in [6.07, 6.45) is -3.53. The van der Waals surface area contributed by atoms with Gasteiger partial charge in [-0.3, -0.25) is 0 Å². The van der Waals surface area contributed by atoms with E-state index in [1.54, 1.807) is 6.07 Å². The number of hydrogen-bond donors (Lipinski definition) is 2. The van der Waals surface area contributed by atoms with Gasteiger partial charge in [0.15, 0.2) is 11.5 Å². The summed E-state index contributed by atoms with van der Waals surface area (Å²) in [7, 11) is 1.32. The van der Waals surface area contributed by atoms with Gasteiger partial charge in [-0.25, -0.2) is 0 Å². The third kappa shape index (κ3) is 2.90. The lowest BCUT2D eigenvalue weighted by atomic mass is 10.3. The molecule has 14 heavy (non-hydrogen) atoms. The quantitative estimate of drug-likeness (QED) is 0.728. The lowest BCUT2D eigenvalue weighted by Gasteiger charge is -2.12. The maximum atomic E-state index is 9.50. The maximum absolute atomic E-state index is 9.50. The molecule has 0 aromatic heterocycles. The van der Waals surface area contributed by atoms with Crippen molar-refractivity contribution in [2.75, 3.05) is 20.2 Å². The van der Waals surface area contributed by atoms with Crippen LogP contribution in [-0.4, -0.2) is 36.5 Å². The molecule has 0 saturated carbocycles. The Morgan fingerprint density at radius 1 is 1.50 bits per heavy atom. The number of rotatable bonds is 5. The average molecular weight is 203 g/mol. The molecule has 0 aliphatic rings. The first kappa shape index (κ1) is 5.58. The highest BCUT2D eigenvalue weighted by molar-refractivity contribution is 5.39. The third-order valence-corrected chi connectivity index (χ3v) is 1.43. The van der Waals surface area contributed by atoms with Gasteiger partial charge in [-0.1, -0.05) is 12.1 Å². The highest BCUT2D eigenvalue weighted by Crippen LogP contribution is 2.25. The molecule has 0 aliphatic carbocycles. The molecule has 78 valence electrons. The van der Waals surface area contributed by atoms with Crippen molar-refractivity contribution in [1.29, 1.82) is 0 Å². The van der Waals surface area contributed by atoms with E-state index in [9.17, 15) is 5.11 Å².